The van der Waals surface area contributed by atoms with Crippen LogP contribution in [-0.2, 0) is 16.0 Å². The molecule has 0 aromatic heterocycles. The lowest BCUT2D eigenvalue weighted by Gasteiger charge is -2.28. The molecule has 25 heavy (non-hydrogen) atoms. The third-order valence-electron chi connectivity index (χ3n) is 5.34. The third-order valence-corrected chi connectivity index (χ3v) is 5.34. The monoisotopic (exact) mass is 346 g/mol. The maximum absolute atomic E-state index is 13.2. The molecule has 1 saturated carbocycles. The lowest BCUT2D eigenvalue weighted by atomic mass is 9.95. The summed E-state index contributed by atoms with van der Waals surface area (Å²) >= 11 is 0. The highest BCUT2D eigenvalue weighted by atomic mass is 19.1. The van der Waals surface area contributed by atoms with Crippen molar-refractivity contribution in [3.8, 4) is 0 Å². The Morgan fingerprint density at radius 2 is 1.92 bits per heavy atom. The minimum Gasteiger partial charge on any atom is -0.352 e. The number of amides is 2. The fraction of sp³-hybridized carbons (Fsp3) is 0.600. The molecule has 1 N–H and O–H groups in total. The zero-order chi connectivity index (χ0) is 17.6. The SMILES string of the molecule is O=C(NC1CCCCC1)C1CCCN1C(=O)CCc1cccc(F)c1. The fourth-order valence-corrected chi connectivity index (χ4v) is 3.97. The van der Waals surface area contributed by atoms with Gasteiger partial charge in [-0.15, -0.1) is 0 Å². The molecule has 1 heterocycles. The van der Waals surface area contributed by atoms with Gasteiger partial charge < -0.3 is 10.2 Å². The normalized spacial score (nSPS) is 21.3. The van der Waals surface area contributed by atoms with Crippen LogP contribution in [0.5, 0.6) is 0 Å². The average molecular weight is 346 g/mol. The summed E-state index contributed by atoms with van der Waals surface area (Å²) in [5, 5.41) is 3.14. The minimum absolute atomic E-state index is 0.00325. The van der Waals surface area contributed by atoms with Crippen LogP contribution < -0.4 is 5.32 Å². The number of carbonyl (C=O) groups is 2. The van der Waals surface area contributed by atoms with Gasteiger partial charge in [0, 0.05) is 19.0 Å². The van der Waals surface area contributed by atoms with Crippen molar-refractivity contribution in [2.45, 2.75) is 69.9 Å². The number of likely N-dealkylation sites (tertiary alicyclic amines) is 1. The Kier molecular flexibility index (Phi) is 6.05. The summed E-state index contributed by atoms with van der Waals surface area (Å²) in [5.74, 6) is -0.287. The highest BCUT2D eigenvalue weighted by Gasteiger charge is 2.34. The van der Waals surface area contributed by atoms with Crippen molar-refractivity contribution in [1.82, 2.24) is 10.2 Å². The number of carbonyl (C=O) groups excluding carboxylic acids is 2. The van der Waals surface area contributed by atoms with Gasteiger partial charge in [0.15, 0.2) is 0 Å². The highest BCUT2D eigenvalue weighted by molar-refractivity contribution is 5.88. The Labute approximate surface area is 148 Å². The third kappa shape index (κ3) is 4.80. The summed E-state index contributed by atoms with van der Waals surface area (Å²) in [7, 11) is 0. The molecule has 1 aliphatic heterocycles. The Morgan fingerprint density at radius 3 is 2.68 bits per heavy atom. The first-order valence-corrected chi connectivity index (χ1v) is 9.48. The van der Waals surface area contributed by atoms with Crippen LogP contribution in [0.3, 0.4) is 0 Å². The first-order valence-electron chi connectivity index (χ1n) is 9.48. The van der Waals surface area contributed by atoms with Crippen molar-refractivity contribution in [3.63, 3.8) is 0 Å². The van der Waals surface area contributed by atoms with E-state index in [1.165, 1.54) is 31.4 Å². The zero-order valence-electron chi connectivity index (χ0n) is 14.7. The molecule has 136 valence electrons. The molecule has 2 fully saturated rings. The lowest BCUT2D eigenvalue weighted by Crippen LogP contribution is -2.49. The summed E-state index contributed by atoms with van der Waals surface area (Å²) in [6.45, 7) is 0.644. The molecule has 1 aromatic carbocycles. The number of benzene rings is 1. The molecule has 1 aliphatic carbocycles. The van der Waals surface area contributed by atoms with Gasteiger partial charge in [0.05, 0.1) is 0 Å². The molecule has 1 saturated heterocycles. The van der Waals surface area contributed by atoms with E-state index >= 15 is 0 Å². The van der Waals surface area contributed by atoms with Crippen LogP contribution in [0, 0.1) is 5.82 Å². The van der Waals surface area contributed by atoms with Gasteiger partial charge in [-0.3, -0.25) is 9.59 Å². The maximum Gasteiger partial charge on any atom is 0.243 e. The predicted octanol–water partition coefficient (Wildman–Crippen LogP) is 3.20. The Hall–Kier alpha value is -1.91. The van der Waals surface area contributed by atoms with Crippen LogP contribution in [0.15, 0.2) is 24.3 Å². The molecule has 2 aliphatic rings. The summed E-state index contributed by atoms with van der Waals surface area (Å²) in [6, 6.07) is 6.29. The molecular formula is C20H27FN2O2. The largest absolute Gasteiger partial charge is 0.352 e. The molecule has 1 aromatic rings. The molecule has 2 amide bonds. The number of hydrogen-bond acceptors (Lipinski definition) is 2. The summed E-state index contributed by atoms with van der Waals surface area (Å²) in [5.41, 5.74) is 0.816. The molecular weight excluding hydrogens is 319 g/mol. The van der Waals surface area contributed by atoms with E-state index in [1.54, 1.807) is 11.0 Å². The summed E-state index contributed by atoms with van der Waals surface area (Å²) in [6.07, 6.45) is 8.12. The van der Waals surface area contributed by atoms with Gasteiger partial charge in [-0.2, -0.15) is 0 Å². The number of halogens is 1. The van der Waals surface area contributed by atoms with E-state index in [9.17, 15) is 14.0 Å². The topological polar surface area (TPSA) is 49.4 Å². The molecule has 1 atom stereocenters. The minimum atomic E-state index is -0.332. The van der Waals surface area contributed by atoms with Gasteiger partial charge in [0.1, 0.15) is 11.9 Å². The van der Waals surface area contributed by atoms with Gasteiger partial charge >= 0.3 is 0 Å². The van der Waals surface area contributed by atoms with Crippen molar-refractivity contribution < 1.29 is 14.0 Å². The number of nitrogens with one attached hydrogen (secondary N) is 1. The number of hydrogen-bond donors (Lipinski definition) is 1. The van der Waals surface area contributed by atoms with E-state index in [2.05, 4.69) is 5.32 Å². The number of aryl methyl sites for hydroxylation is 1. The van der Waals surface area contributed by atoms with E-state index in [4.69, 9.17) is 0 Å². The van der Waals surface area contributed by atoms with Crippen molar-refractivity contribution >= 4 is 11.8 Å². The predicted molar refractivity (Wildman–Crippen MR) is 94.5 cm³/mol. The van der Waals surface area contributed by atoms with Gasteiger partial charge in [0.2, 0.25) is 11.8 Å². The van der Waals surface area contributed by atoms with Crippen LogP contribution in [0.25, 0.3) is 0 Å². The van der Waals surface area contributed by atoms with E-state index in [0.717, 1.165) is 31.2 Å². The maximum atomic E-state index is 13.2. The van der Waals surface area contributed by atoms with E-state index in [-0.39, 0.29) is 29.7 Å². The molecule has 4 nitrogen and oxygen atoms in total. The molecule has 0 spiro atoms. The van der Waals surface area contributed by atoms with Crippen molar-refractivity contribution in [1.29, 1.82) is 0 Å². The van der Waals surface area contributed by atoms with Crippen LogP contribution in [0.2, 0.25) is 0 Å². The van der Waals surface area contributed by atoms with E-state index < -0.39 is 0 Å². The quantitative estimate of drug-likeness (QED) is 0.890. The van der Waals surface area contributed by atoms with Crippen LogP contribution in [0.4, 0.5) is 4.39 Å². The molecule has 5 heteroatoms. The zero-order valence-corrected chi connectivity index (χ0v) is 14.7. The Morgan fingerprint density at radius 1 is 1.12 bits per heavy atom. The first-order chi connectivity index (χ1) is 12.1. The van der Waals surface area contributed by atoms with Gasteiger partial charge in [-0.25, -0.2) is 4.39 Å². The number of rotatable bonds is 5. The second-order valence-corrected chi connectivity index (χ2v) is 7.22. The van der Waals surface area contributed by atoms with Crippen LogP contribution >= 0.6 is 0 Å². The van der Waals surface area contributed by atoms with E-state index in [1.807, 2.05) is 6.07 Å². The van der Waals surface area contributed by atoms with Crippen molar-refractivity contribution in [3.05, 3.63) is 35.6 Å². The molecule has 0 radical (unpaired) electrons. The Bertz CT molecular complexity index is 613. The van der Waals surface area contributed by atoms with Crippen molar-refractivity contribution in [2.75, 3.05) is 6.54 Å². The number of nitrogens with zero attached hydrogens (tertiary/aromatic N) is 1. The standard InChI is InChI=1S/C20H27FN2O2/c21-16-7-4-6-15(14-16)11-12-19(24)23-13-5-10-18(23)20(25)22-17-8-2-1-3-9-17/h4,6-7,14,17-18H,1-3,5,8-13H2,(H,22,25). The van der Waals surface area contributed by atoms with Crippen LogP contribution in [0.1, 0.15) is 56.9 Å². The average Bonchev–Trinajstić information content (AvgIpc) is 3.11. The second kappa shape index (κ2) is 8.45. The summed E-state index contributed by atoms with van der Waals surface area (Å²) < 4.78 is 13.2. The smallest absolute Gasteiger partial charge is 0.243 e. The molecule has 0 bridgehead atoms. The van der Waals surface area contributed by atoms with Crippen molar-refractivity contribution in [2.24, 2.45) is 0 Å². The van der Waals surface area contributed by atoms with E-state index in [0.29, 0.717) is 19.4 Å². The summed E-state index contributed by atoms with van der Waals surface area (Å²) in [4.78, 5) is 26.9. The van der Waals surface area contributed by atoms with Gasteiger partial charge in [-0.05, 0) is 49.8 Å². The van der Waals surface area contributed by atoms with Gasteiger partial charge in [0.25, 0.3) is 0 Å². The van der Waals surface area contributed by atoms with Crippen LogP contribution in [-0.4, -0.2) is 35.3 Å². The fourth-order valence-electron chi connectivity index (χ4n) is 3.97. The molecule has 1 unspecified atom stereocenters. The Balaban J connectivity index is 1.53. The lowest BCUT2D eigenvalue weighted by molar-refractivity contribution is -0.138. The van der Waals surface area contributed by atoms with Gasteiger partial charge in [-0.1, -0.05) is 31.4 Å². The highest BCUT2D eigenvalue weighted by Crippen LogP contribution is 2.22. The second-order valence-electron chi connectivity index (χ2n) is 7.22. The molecule has 3 rings (SSSR count). The first kappa shape index (κ1) is 17.9.